The van der Waals surface area contributed by atoms with Gasteiger partial charge in [0.05, 0.1) is 12.2 Å². The molecule has 1 fully saturated rings. The van der Waals surface area contributed by atoms with Crippen LogP contribution in [-0.4, -0.2) is 23.9 Å². The van der Waals surface area contributed by atoms with Crippen molar-refractivity contribution in [2.75, 3.05) is 13.2 Å². The Balaban J connectivity index is 2.35. The first-order valence-corrected chi connectivity index (χ1v) is 4.22. The van der Waals surface area contributed by atoms with Gasteiger partial charge >= 0.3 is 0 Å². The molecule has 1 atom stereocenters. The van der Waals surface area contributed by atoms with E-state index in [1.54, 1.807) is 0 Å². The van der Waals surface area contributed by atoms with Gasteiger partial charge in [-0.3, -0.25) is 0 Å². The lowest BCUT2D eigenvalue weighted by molar-refractivity contribution is 0.167. The molecule has 2 heteroatoms. The minimum Gasteiger partial charge on any atom is -0.396 e. The molecule has 1 rings (SSSR count). The van der Waals surface area contributed by atoms with Crippen LogP contribution in [0.25, 0.3) is 0 Å². The van der Waals surface area contributed by atoms with E-state index in [1.165, 1.54) is 0 Å². The Hall–Kier alpha value is -0.0800. The molecule has 1 N–H and O–H groups in total. The molecule has 0 bridgehead atoms. The predicted octanol–water partition coefficient (Wildman–Crippen LogP) is 1.57. The van der Waals surface area contributed by atoms with Crippen LogP contribution in [0.2, 0.25) is 0 Å². The summed E-state index contributed by atoms with van der Waals surface area (Å²) < 4.78 is 5.35. The van der Waals surface area contributed by atoms with Gasteiger partial charge < -0.3 is 9.84 Å². The molecule has 66 valence electrons. The number of rotatable bonds is 3. The van der Waals surface area contributed by atoms with E-state index in [0.717, 1.165) is 19.4 Å². The summed E-state index contributed by atoms with van der Waals surface area (Å²) in [7, 11) is 0. The van der Waals surface area contributed by atoms with Gasteiger partial charge in [0.25, 0.3) is 0 Å². The molecule has 0 amide bonds. The summed E-state index contributed by atoms with van der Waals surface area (Å²) in [5.41, 5.74) is 0.346. The van der Waals surface area contributed by atoms with Crippen molar-refractivity contribution in [2.45, 2.75) is 39.2 Å². The third kappa shape index (κ3) is 2.80. The van der Waals surface area contributed by atoms with Gasteiger partial charge in [-0.1, -0.05) is 20.8 Å². The largest absolute Gasteiger partial charge is 0.396 e. The average molecular weight is 158 g/mol. The van der Waals surface area contributed by atoms with E-state index < -0.39 is 0 Å². The lowest BCUT2D eigenvalue weighted by Crippen LogP contribution is -2.21. The van der Waals surface area contributed by atoms with Crippen molar-refractivity contribution in [3.05, 3.63) is 0 Å². The topological polar surface area (TPSA) is 32.8 Å². The van der Waals surface area contributed by atoms with Crippen LogP contribution in [0.5, 0.6) is 0 Å². The molecule has 1 aliphatic rings. The predicted molar refractivity (Wildman–Crippen MR) is 44.5 cm³/mol. The Bertz CT molecular complexity index is 131. The molecular weight excluding hydrogens is 140 g/mol. The van der Waals surface area contributed by atoms with Gasteiger partial charge in [0.15, 0.2) is 0 Å². The highest BCUT2D eigenvalue weighted by atomic mass is 16.6. The van der Waals surface area contributed by atoms with E-state index in [0.29, 0.717) is 5.41 Å². The zero-order valence-corrected chi connectivity index (χ0v) is 7.68. The maximum atomic E-state index is 8.76. The number of epoxide rings is 1. The molecule has 0 aromatic heterocycles. The lowest BCUT2D eigenvalue weighted by atomic mass is 9.83. The van der Waals surface area contributed by atoms with E-state index in [4.69, 9.17) is 9.84 Å². The highest BCUT2D eigenvalue weighted by Crippen LogP contribution is 2.41. The quantitative estimate of drug-likeness (QED) is 0.632. The summed E-state index contributed by atoms with van der Waals surface area (Å²) in [5.74, 6) is 0. The van der Waals surface area contributed by atoms with Crippen molar-refractivity contribution in [3.8, 4) is 0 Å². The van der Waals surface area contributed by atoms with Crippen LogP contribution in [0.1, 0.15) is 33.6 Å². The Labute approximate surface area is 68.6 Å². The lowest BCUT2D eigenvalue weighted by Gasteiger charge is -2.22. The van der Waals surface area contributed by atoms with Gasteiger partial charge in [0, 0.05) is 13.0 Å². The molecule has 1 heterocycles. The molecule has 0 radical (unpaired) electrons. The smallest absolute Gasteiger partial charge is 0.0943 e. The third-order valence-corrected chi connectivity index (χ3v) is 1.97. The Morgan fingerprint density at radius 1 is 1.45 bits per heavy atom. The highest BCUT2D eigenvalue weighted by Gasteiger charge is 2.46. The zero-order valence-electron chi connectivity index (χ0n) is 7.68. The van der Waals surface area contributed by atoms with Crippen molar-refractivity contribution in [1.82, 2.24) is 0 Å². The van der Waals surface area contributed by atoms with Crippen LogP contribution in [-0.2, 0) is 4.74 Å². The average Bonchev–Trinajstić information content (AvgIpc) is 2.44. The molecular formula is C9H18O2. The molecule has 0 aromatic carbocycles. The molecule has 0 aromatic rings. The molecule has 0 saturated carbocycles. The summed E-state index contributed by atoms with van der Waals surface area (Å²) in [6, 6.07) is 0. The summed E-state index contributed by atoms with van der Waals surface area (Å²) in [6.45, 7) is 7.69. The van der Waals surface area contributed by atoms with Crippen LogP contribution >= 0.6 is 0 Å². The van der Waals surface area contributed by atoms with Gasteiger partial charge in [0.2, 0.25) is 0 Å². The SMILES string of the molecule is CC(C)(C)CC1(CCO)CO1. The van der Waals surface area contributed by atoms with E-state index >= 15 is 0 Å². The summed E-state index contributed by atoms with van der Waals surface area (Å²) in [4.78, 5) is 0. The number of hydrogen-bond acceptors (Lipinski definition) is 2. The Morgan fingerprint density at radius 3 is 2.27 bits per heavy atom. The molecule has 11 heavy (non-hydrogen) atoms. The van der Waals surface area contributed by atoms with Crippen molar-refractivity contribution < 1.29 is 9.84 Å². The van der Waals surface area contributed by atoms with Crippen LogP contribution in [0.15, 0.2) is 0 Å². The zero-order chi connectivity index (χ0) is 8.54. The van der Waals surface area contributed by atoms with Crippen LogP contribution in [0.3, 0.4) is 0 Å². The monoisotopic (exact) mass is 158 g/mol. The fourth-order valence-corrected chi connectivity index (χ4v) is 1.61. The van der Waals surface area contributed by atoms with E-state index in [1.807, 2.05) is 0 Å². The first-order chi connectivity index (χ1) is 4.97. The molecule has 0 aliphatic carbocycles. The standard InChI is InChI=1S/C9H18O2/c1-8(2,3)6-9(4-5-10)7-11-9/h10H,4-7H2,1-3H3. The second kappa shape index (κ2) is 2.76. The van der Waals surface area contributed by atoms with E-state index in [-0.39, 0.29) is 12.2 Å². The second-order valence-electron chi connectivity index (χ2n) is 4.68. The number of aliphatic hydroxyl groups excluding tert-OH is 1. The Kier molecular flexibility index (Phi) is 2.26. The molecule has 1 saturated heterocycles. The molecule has 1 unspecified atom stereocenters. The summed E-state index contributed by atoms with van der Waals surface area (Å²) in [5, 5.41) is 8.76. The first kappa shape index (κ1) is 9.01. The van der Waals surface area contributed by atoms with Gasteiger partial charge in [-0.05, 0) is 11.8 Å². The maximum absolute atomic E-state index is 8.76. The molecule has 0 spiro atoms. The van der Waals surface area contributed by atoms with E-state index in [2.05, 4.69) is 20.8 Å². The van der Waals surface area contributed by atoms with Gasteiger partial charge in [-0.25, -0.2) is 0 Å². The second-order valence-corrected chi connectivity index (χ2v) is 4.68. The van der Waals surface area contributed by atoms with Crippen LogP contribution in [0, 0.1) is 5.41 Å². The number of hydrogen-bond donors (Lipinski definition) is 1. The minimum absolute atomic E-state index is 0.0347. The normalized spacial score (nSPS) is 30.5. The van der Waals surface area contributed by atoms with Gasteiger partial charge in [-0.15, -0.1) is 0 Å². The summed E-state index contributed by atoms with van der Waals surface area (Å²) >= 11 is 0. The van der Waals surface area contributed by atoms with Crippen LogP contribution in [0.4, 0.5) is 0 Å². The number of ether oxygens (including phenoxy) is 1. The third-order valence-electron chi connectivity index (χ3n) is 1.97. The maximum Gasteiger partial charge on any atom is 0.0943 e. The van der Waals surface area contributed by atoms with Crippen LogP contribution < -0.4 is 0 Å². The molecule has 2 nitrogen and oxygen atoms in total. The fourth-order valence-electron chi connectivity index (χ4n) is 1.61. The fraction of sp³-hybridized carbons (Fsp3) is 1.00. The van der Waals surface area contributed by atoms with Crippen molar-refractivity contribution in [2.24, 2.45) is 5.41 Å². The molecule has 1 aliphatic heterocycles. The van der Waals surface area contributed by atoms with Crippen molar-refractivity contribution >= 4 is 0 Å². The number of aliphatic hydroxyl groups is 1. The van der Waals surface area contributed by atoms with Crippen molar-refractivity contribution in [1.29, 1.82) is 0 Å². The van der Waals surface area contributed by atoms with Gasteiger partial charge in [0.1, 0.15) is 0 Å². The van der Waals surface area contributed by atoms with Crippen molar-refractivity contribution in [3.63, 3.8) is 0 Å². The highest BCUT2D eigenvalue weighted by molar-refractivity contribution is 4.94. The first-order valence-electron chi connectivity index (χ1n) is 4.22. The Morgan fingerprint density at radius 2 is 2.00 bits per heavy atom. The van der Waals surface area contributed by atoms with E-state index in [9.17, 15) is 0 Å². The summed E-state index contributed by atoms with van der Waals surface area (Å²) in [6.07, 6.45) is 1.85. The van der Waals surface area contributed by atoms with Gasteiger partial charge in [-0.2, -0.15) is 0 Å². The minimum atomic E-state index is 0.0347.